The minimum absolute atomic E-state index is 0. The molecule has 0 amide bonds. The summed E-state index contributed by atoms with van der Waals surface area (Å²) >= 11 is 0. The molecule has 0 spiro atoms. The van der Waals surface area contributed by atoms with E-state index < -0.39 is 0 Å². The molecule has 0 aliphatic carbocycles. The van der Waals surface area contributed by atoms with Gasteiger partial charge >= 0.3 is 0 Å². The summed E-state index contributed by atoms with van der Waals surface area (Å²) in [4.78, 5) is 3.62. The third kappa shape index (κ3) is 1.52. The first-order valence-corrected chi connectivity index (χ1v) is 1.92. The zero-order chi connectivity index (χ0) is 5.11. The van der Waals surface area contributed by atoms with Crippen LogP contribution in [0.15, 0.2) is 16.9 Å². The van der Waals surface area contributed by atoms with Gasteiger partial charge < -0.3 is 9.52 Å². The molecule has 1 heterocycles. The lowest BCUT2D eigenvalue weighted by Crippen LogP contribution is -1.77. The van der Waals surface area contributed by atoms with Gasteiger partial charge in [-0.15, -0.1) is 12.4 Å². The molecule has 0 unspecified atom stereocenters. The predicted octanol–water partition coefficient (Wildman–Crippen LogP) is 0.589. The molecule has 0 aliphatic rings. The Bertz CT molecular complexity index is 129. The van der Waals surface area contributed by atoms with Crippen molar-refractivity contribution in [3.8, 4) is 0 Å². The van der Waals surface area contributed by atoms with Gasteiger partial charge in [0.05, 0.1) is 6.20 Å². The molecule has 0 radical (unpaired) electrons. The third-order valence-corrected chi connectivity index (χ3v) is 0.619. The summed E-state index contributed by atoms with van der Waals surface area (Å²) in [6.07, 6.45) is 2.91. The minimum Gasteiger partial charge on any atom is -0.446 e. The first-order valence-electron chi connectivity index (χ1n) is 1.92. The minimum atomic E-state index is -0.118. The second kappa shape index (κ2) is 3.46. The zero-order valence-electron chi connectivity index (χ0n) is 4.07. The van der Waals surface area contributed by atoms with Crippen LogP contribution in [0.4, 0.5) is 0 Å². The summed E-state index contributed by atoms with van der Waals surface area (Å²) in [7, 11) is 0. The third-order valence-electron chi connectivity index (χ3n) is 0.619. The van der Waals surface area contributed by atoms with Crippen LogP contribution in [0.1, 0.15) is 5.89 Å². The van der Waals surface area contributed by atoms with Gasteiger partial charge in [0.15, 0.2) is 0 Å². The molecular formula is C4H6ClNO2. The van der Waals surface area contributed by atoms with Crippen molar-refractivity contribution < 1.29 is 9.52 Å². The molecular weight excluding hydrogens is 130 g/mol. The molecule has 0 aliphatic heterocycles. The van der Waals surface area contributed by atoms with Gasteiger partial charge in [-0.2, -0.15) is 0 Å². The van der Waals surface area contributed by atoms with Gasteiger partial charge in [-0.3, -0.25) is 0 Å². The lowest BCUT2D eigenvalue weighted by atomic mass is 10.7. The SMILES string of the molecule is Cl.OCc1ncco1. The number of hydrogen-bond donors (Lipinski definition) is 1. The van der Waals surface area contributed by atoms with Gasteiger partial charge in [0.2, 0.25) is 5.89 Å². The number of aliphatic hydroxyl groups excluding tert-OH is 1. The van der Waals surface area contributed by atoms with E-state index in [-0.39, 0.29) is 19.0 Å². The van der Waals surface area contributed by atoms with Crippen LogP contribution in [-0.4, -0.2) is 10.1 Å². The molecule has 1 aromatic heterocycles. The smallest absolute Gasteiger partial charge is 0.219 e. The highest BCUT2D eigenvalue weighted by Crippen LogP contribution is 1.90. The molecule has 0 atom stereocenters. The molecule has 0 saturated heterocycles. The second-order valence-corrected chi connectivity index (χ2v) is 1.08. The van der Waals surface area contributed by atoms with E-state index >= 15 is 0 Å². The first-order chi connectivity index (χ1) is 3.43. The van der Waals surface area contributed by atoms with E-state index in [0.29, 0.717) is 5.89 Å². The summed E-state index contributed by atoms with van der Waals surface area (Å²) in [5.74, 6) is 0.361. The van der Waals surface area contributed by atoms with Crippen LogP contribution in [0.25, 0.3) is 0 Å². The van der Waals surface area contributed by atoms with Crippen molar-refractivity contribution in [2.75, 3.05) is 0 Å². The Morgan fingerprint density at radius 2 is 2.50 bits per heavy atom. The van der Waals surface area contributed by atoms with Crippen molar-refractivity contribution in [2.45, 2.75) is 6.61 Å². The van der Waals surface area contributed by atoms with E-state index in [1.807, 2.05) is 0 Å². The Morgan fingerprint density at radius 3 is 2.75 bits per heavy atom. The maximum atomic E-state index is 8.27. The van der Waals surface area contributed by atoms with Crippen LogP contribution >= 0.6 is 12.4 Å². The van der Waals surface area contributed by atoms with Crippen LogP contribution in [0.5, 0.6) is 0 Å². The van der Waals surface area contributed by atoms with Gasteiger partial charge in [0.25, 0.3) is 0 Å². The van der Waals surface area contributed by atoms with E-state index in [9.17, 15) is 0 Å². The van der Waals surface area contributed by atoms with Crippen LogP contribution < -0.4 is 0 Å². The van der Waals surface area contributed by atoms with E-state index in [1.165, 1.54) is 12.5 Å². The summed E-state index contributed by atoms with van der Waals surface area (Å²) in [5, 5.41) is 8.27. The van der Waals surface area contributed by atoms with Crippen LogP contribution in [0.2, 0.25) is 0 Å². The lowest BCUT2D eigenvalue weighted by Gasteiger charge is -1.77. The topological polar surface area (TPSA) is 46.3 Å². The normalized spacial score (nSPS) is 8.12. The molecule has 46 valence electrons. The average molecular weight is 136 g/mol. The largest absolute Gasteiger partial charge is 0.446 e. The van der Waals surface area contributed by atoms with E-state index in [0.717, 1.165) is 0 Å². The molecule has 3 nitrogen and oxygen atoms in total. The highest BCUT2D eigenvalue weighted by atomic mass is 35.5. The zero-order valence-corrected chi connectivity index (χ0v) is 4.89. The number of rotatable bonds is 1. The van der Waals surface area contributed by atoms with Crippen molar-refractivity contribution in [2.24, 2.45) is 0 Å². The quantitative estimate of drug-likeness (QED) is 0.613. The summed E-state index contributed by atoms with van der Waals surface area (Å²) < 4.78 is 4.62. The molecule has 8 heavy (non-hydrogen) atoms. The fourth-order valence-electron chi connectivity index (χ4n) is 0.331. The summed E-state index contributed by atoms with van der Waals surface area (Å²) in [6, 6.07) is 0. The van der Waals surface area contributed by atoms with Crippen LogP contribution in [0, 0.1) is 0 Å². The van der Waals surface area contributed by atoms with Crippen LogP contribution in [-0.2, 0) is 6.61 Å². The van der Waals surface area contributed by atoms with Gasteiger partial charge in [-0.25, -0.2) is 4.98 Å². The predicted molar refractivity (Wildman–Crippen MR) is 29.7 cm³/mol. The first kappa shape index (κ1) is 7.46. The number of aliphatic hydroxyl groups is 1. The number of hydrogen-bond acceptors (Lipinski definition) is 3. The Hall–Kier alpha value is -0.540. The lowest BCUT2D eigenvalue weighted by molar-refractivity contribution is 0.240. The Morgan fingerprint density at radius 1 is 1.75 bits per heavy atom. The van der Waals surface area contributed by atoms with Crippen molar-refractivity contribution in [3.63, 3.8) is 0 Å². The number of oxazole rings is 1. The standard InChI is InChI=1S/C4H5NO2.ClH/c6-3-4-5-1-2-7-4;/h1-2,6H,3H2;1H. The summed E-state index contributed by atoms with van der Waals surface area (Å²) in [6.45, 7) is -0.118. The maximum absolute atomic E-state index is 8.27. The average Bonchev–Trinajstić information content (AvgIpc) is 2.14. The summed E-state index contributed by atoms with van der Waals surface area (Å²) in [5.41, 5.74) is 0. The fourth-order valence-corrected chi connectivity index (χ4v) is 0.331. The monoisotopic (exact) mass is 135 g/mol. The highest BCUT2D eigenvalue weighted by Gasteiger charge is 1.87. The molecule has 0 aromatic carbocycles. The molecule has 1 aromatic rings. The molecule has 1 rings (SSSR count). The van der Waals surface area contributed by atoms with Gasteiger partial charge in [0, 0.05) is 0 Å². The number of nitrogens with zero attached hydrogens (tertiary/aromatic N) is 1. The molecule has 0 bridgehead atoms. The van der Waals surface area contributed by atoms with Crippen molar-refractivity contribution in [3.05, 3.63) is 18.4 Å². The van der Waals surface area contributed by atoms with E-state index in [2.05, 4.69) is 9.40 Å². The van der Waals surface area contributed by atoms with Gasteiger partial charge in [0.1, 0.15) is 12.9 Å². The van der Waals surface area contributed by atoms with Gasteiger partial charge in [-0.1, -0.05) is 0 Å². The Balaban J connectivity index is 0.000000490. The number of halogens is 1. The maximum Gasteiger partial charge on any atom is 0.219 e. The van der Waals surface area contributed by atoms with Crippen LogP contribution in [0.3, 0.4) is 0 Å². The Labute approximate surface area is 52.8 Å². The molecule has 0 saturated carbocycles. The van der Waals surface area contributed by atoms with E-state index in [1.54, 1.807) is 0 Å². The fraction of sp³-hybridized carbons (Fsp3) is 0.250. The van der Waals surface area contributed by atoms with Crippen molar-refractivity contribution in [1.82, 2.24) is 4.98 Å². The Kier molecular flexibility index (Phi) is 3.23. The molecule has 4 heteroatoms. The van der Waals surface area contributed by atoms with Gasteiger partial charge in [-0.05, 0) is 0 Å². The van der Waals surface area contributed by atoms with Crippen molar-refractivity contribution in [1.29, 1.82) is 0 Å². The molecule has 0 fully saturated rings. The number of aromatic nitrogens is 1. The second-order valence-electron chi connectivity index (χ2n) is 1.08. The molecule has 1 N–H and O–H groups in total. The highest BCUT2D eigenvalue weighted by molar-refractivity contribution is 5.85. The van der Waals surface area contributed by atoms with E-state index in [4.69, 9.17) is 5.11 Å². The van der Waals surface area contributed by atoms with Crippen molar-refractivity contribution >= 4 is 12.4 Å².